The summed E-state index contributed by atoms with van der Waals surface area (Å²) >= 11 is 0. The molecule has 1 fully saturated rings. The average molecular weight is 575 g/mol. The van der Waals surface area contributed by atoms with Crippen molar-refractivity contribution in [2.75, 3.05) is 13.2 Å². The normalized spacial score (nSPS) is 19.9. The Labute approximate surface area is 245 Å². The molecule has 0 saturated carbocycles. The monoisotopic (exact) mass is 574 g/mol. The summed E-state index contributed by atoms with van der Waals surface area (Å²) in [6, 6.07) is 29.4. The Balaban J connectivity index is 1.62. The summed E-state index contributed by atoms with van der Waals surface area (Å²) in [4.78, 5) is 26.4. The Kier molecular flexibility index (Phi) is 10.7. The fourth-order valence-electron chi connectivity index (χ4n) is 5.40. The molecule has 1 saturated heterocycles. The maximum atomic E-state index is 13.5. The summed E-state index contributed by atoms with van der Waals surface area (Å²) in [6.07, 6.45) is 0.279. The van der Waals surface area contributed by atoms with Crippen LogP contribution >= 0.6 is 0 Å². The Hall–Kier alpha value is -3.10. The van der Waals surface area contributed by atoms with E-state index in [0.717, 1.165) is 23.2 Å². The van der Waals surface area contributed by atoms with Crippen molar-refractivity contribution in [3.05, 3.63) is 96.6 Å². The first-order chi connectivity index (χ1) is 19.8. The van der Waals surface area contributed by atoms with Gasteiger partial charge in [0.05, 0.1) is 18.3 Å². The molecule has 1 unspecified atom stereocenters. The lowest BCUT2D eigenvalue weighted by Gasteiger charge is -2.43. The molecule has 3 aromatic rings. The maximum Gasteiger partial charge on any atom is 0.340 e. The van der Waals surface area contributed by atoms with Gasteiger partial charge in [-0.25, -0.2) is 4.79 Å². The molecule has 3 aromatic carbocycles. The second kappa shape index (κ2) is 14.2. The van der Waals surface area contributed by atoms with Crippen LogP contribution in [-0.2, 0) is 23.4 Å². The third-order valence-electron chi connectivity index (χ3n) is 7.56. The maximum absolute atomic E-state index is 13.5. The summed E-state index contributed by atoms with van der Waals surface area (Å²) in [5, 5.41) is 2.12. The second-order valence-electron chi connectivity index (χ2n) is 11.5. The molecular formula is C34H42O6Si. The number of rotatable bonds is 11. The molecule has 0 radical (unpaired) electrons. The van der Waals surface area contributed by atoms with Crippen LogP contribution in [0.3, 0.4) is 0 Å². The minimum atomic E-state index is -2.82. The van der Waals surface area contributed by atoms with Crippen LogP contribution in [0.5, 0.6) is 0 Å². The fraction of sp³-hybridized carbons (Fsp3) is 0.412. The molecule has 0 amide bonds. The van der Waals surface area contributed by atoms with Crippen LogP contribution in [0.1, 0.15) is 63.7 Å². The van der Waals surface area contributed by atoms with Crippen LogP contribution in [0.25, 0.3) is 0 Å². The Morgan fingerprint density at radius 3 is 1.98 bits per heavy atom. The van der Waals surface area contributed by atoms with Crippen LogP contribution in [0.2, 0.25) is 5.04 Å². The van der Waals surface area contributed by atoms with E-state index in [1.807, 2.05) is 42.5 Å². The number of carbonyl (C=O) groups excluding carboxylic acids is 2. The van der Waals surface area contributed by atoms with Gasteiger partial charge in [-0.2, -0.15) is 0 Å². The van der Waals surface area contributed by atoms with Crippen LogP contribution in [0.15, 0.2) is 91.0 Å². The van der Waals surface area contributed by atoms with Gasteiger partial charge in [0, 0.05) is 6.61 Å². The molecule has 218 valence electrons. The van der Waals surface area contributed by atoms with E-state index in [1.54, 1.807) is 24.3 Å². The molecule has 4 rings (SSSR count). The van der Waals surface area contributed by atoms with E-state index in [-0.39, 0.29) is 17.4 Å². The van der Waals surface area contributed by atoms with Crippen LogP contribution in [0, 0.1) is 0 Å². The van der Waals surface area contributed by atoms with Gasteiger partial charge >= 0.3 is 5.97 Å². The SMILES string of the molecule is CCCCO[C@@H]1CC[C@@H](CO[Si](c2ccccc2)(c2ccccc2)C(C)(C)C)OC(OC(=O)c2ccccc2)C1=O. The number of ether oxygens (including phenoxy) is 3. The quantitative estimate of drug-likeness (QED) is 0.167. The third kappa shape index (κ3) is 7.40. The topological polar surface area (TPSA) is 71.1 Å². The van der Waals surface area contributed by atoms with Gasteiger partial charge in [0.25, 0.3) is 14.6 Å². The number of benzene rings is 3. The molecule has 1 heterocycles. The molecule has 41 heavy (non-hydrogen) atoms. The largest absolute Gasteiger partial charge is 0.424 e. The Morgan fingerprint density at radius 2 is 1.44 bits per heavy atom. The van der Waals surface area contributed by atoms with E-state index in [0.29, 0.717) is 25.0 Å². The van der Waals surface area contributed by atoms with Crippen molar-refractivity contribution in [3.8, 4) is 0 Å². The standard InChI is InChI=1S/C34H42O6Si/c1-5-6-24-37-30-23-22-27(39-33(31(30)35)40-32(36)26-16-10-7-11-17-26)25-38-41(34(2,3)4,28-18-12-8-13-19-28)29-20-14-9-15-21-29/h7-21,27,30,33H,5-6,22-25H2,1-4H3/t27-,30+,33?/m0/s1. The molecule has 0 bridgehead atoms. The summed E-state index contributed by atoms with van der Waals surface area (Å²) in [5.74, 6) is -0.969. The van der Waals surface area contributed by atoms with Crippen molar-refractivity contribution >= 4 is 30.4 Å². The van der Waals surface area contributed by atoms with Crippen molar-refractivity contribution in [3.63, 3.8) is 0 Å². The molecule has 0 aliphatic carbocycles. The van der Waals surface area contributed by atoms with E-state index in [4.69, 9.17) is 18.6 Å². The molecule has 3 atom stereocenters. The third-order valence-corrected chi connectivity index (χ3v) is 12.6. The first-order valence-corrected chi connectivity index (χ1v) is 16.5. The van der Waals surface area contributed by atoms with Crippen molar-refractivity contribution < 1.29 is 28.2 Å². The lowest BCUT2D eigenvalue weighted by atomic mass is 10.1. The highest BCUT2D eigenvalue weighted by molar-refractivity contribution is 6.99. The summed E-state index contributed by atoms with van der Waals surface area (Å²) in [6.45, 7) is 9.46. The van der Waals surface area contributed by atoms with Gasteiger partial charge < -0.3 is 18.6 Å². The molecule has 6 nitrogen and oxygen atoms in total. The number of Topliss-reactive ketones (excluding diaryl/α,β-unsaturated/α-hetero) is 1. The molecule has 0 spiro atoms. The van der Waals surface area contributed by atoms with Crippen LogP contribution in [-0.4, -0.2) is 51.8 Å². The van der Waals surface area contributed by atoms with Crippen molar-refractivity contribution in [2.24, 2.45) is 0 Å². The number of hydrogen-bond donors (Lipinski definition) is 0. The zero-order valence-corrected chi connectivity index (χ0v) is 25.6. The van der Waals surface area contributed by atoms with Gasteiger partial charge in [-0.15, -0.1) is 0 Å². The number of unbranched alkanes of at least 4 members (excludes halogenated alkanes) is 1. The zero-order valence-electron chi connectivity index (χ0n) is 24.6. The van der Waals surface area contributed by atoms with Crippen molar-refractivity contribution in [1.29, 1.82) is 0 Å². The molecule has 0 aromatic heterocycles. The second-order valence-corrected chi connectivity index (χ2v) is 15.8. The van der Waals surface area contributed by atoms with Crippen LogP contribution in [0.4, 0.5) is 0 Å². The molecule has 1 aliphatic rings. The first kappa shape index (κ1) is 30.8. The predicted molar refractivity (Wildman–Crippen MR) is 163 cm³/mol. The average Bonchev–Trinajstić information content (AvgIpc) is 3.12. The van der Waals surface area contributed by atoms with E-state index >= 15 is 0 Å². The van der Waals surface area contributed by atoms with E-state index in [9.17, 15) is 9.59 Å². The summed E-state index contributed by atoms with van der Waals surface area (Å²) < 4.78 is 25.0. The molecular weight excluding hydrogens is 532 g/mol. The minimum Gasteiger partial charge on any atom is -0.424 e. The molecule has 7 heteroatoms. The first-order valence-electron chi connectivity index (χ1n) is 14.6. The number of ketones is 1. The van der Waals surface area contributed by atoms with Gasteiger partial charge in [0.15, 0.2) is 0 Å². The highest BCUT2D eigenvalue weighted by Gasteiger charge is 2.51. The summed E-state index contributed by atoms with van der Waals surface area (Å²) in [7, 11) is -2.82. The lowest BCUT2D eigenvalue weighted by Crippen LogP contribution is -2.67. The van der Waals surface area contributed by atoms with Crippen molar-refractivity contribution in [2.45, 2.75) is 76.9 Å². The van der Waals surface area contributed by atoms with Gasteiger partial charge in [0.1, 0.15) is 6.10 Å². The van der Waals surface area contributed by atoms with Crippen LogP contribution < -0.4 is 10.4 Å². The highest BCUT2D eigenvalue weighted by atomic mass is 28.4. The van der Waals surface area contributed by atoms with E-state index in [2.05, 4.69) is 52.0 Å². The van der Waals surface area contributed by atoms with Gasteiger partial charge in [-0.1, -0.05) is 113 Å². The Morgan fingerprint density at radius 1 is 0.878 bits per heavy atom. The van der Waals surface area contributed by atoms with Gasteiger partial charge in [-0.05, 0) is 46.8 Å². The highest BCUT2D eigenvalue weighted by Crippen LogP contribution is 2.37. The van der Waals surface area contributed by atoms with Gasteiger partial charge in [-0.3, -0.25) is 4.79 Å². The zero-order chi connectivity index (χ0) is 29.3. The predicted octanol–water partition coefficient (Wildman–Crippen LogP) is 5.68. The fourth-order valence-corrected chi connectivity index (χ4v) is 10.00. The number of carbonyl (C=O) groups is 2. The van der Waals surface area contributed by atoms with E-state index < -0.39 is 32.8 Å². The Bertz CT molecular complexity index is 1200. The van der Waals surface area contributed by atoms with Crippen molar-refractivity contribution in [1.82, 2.24) is 0 Å². The lowest BCUT2D eigenvalue weighted by molar-refractivity contribution is -0.174. The number of hydrogen-bond acceptors (Lipinski definition) is 6. The van der Waals surface area contributed by atoms with E-state index in [1.165, 1.54) is 0 Å². The molecule has 1 aliphatic heterocycles. The van der Waals surface area contributed by atoms with Gasteiger partial charge in [0.2, 0.25) is 5.78 Å². The smallest absolute Gasteiger partial charge is 0.340 e. The minimum absolute atomic E-state index is 0.207. The molecule has 0 N–H and O–H groups in total. The summed E-state index contributed by atoms with van der Waals surface area (Å²) in [5.41, 5.74) is 0.358. The number of esters is 1.